The van der Waals surface area contributed by atoms with Gasteiger partial charge in [-0.2, -0.15) is 8.42 Å². The van der Waals surface area contributed by atoms with Crippen LogP contribution in [-0.2, 0) is 11.6 Å². The van der Waals surface area contributed by atoms with Crippen LogP contribution in [0.15, 0.2) is 30.8 Å². The molecule has 0 saturated carbocycles. The Labute approximate surface area is 75.5 Å². The molecule has 1 aromatic rings. The minimum absolute atomic E-state index is 0.750. The van der Waals surface area contributed by atoms with Crippen LogP contribution >= 0.6 is 0 Å². The summed E-state index contributed by atoms with van der Waals surface area (Å²) in [6.45, 7) is 5.75. The summed E-state index contributed by atoms with van der Waals surface area (Å²) in [6, 6.07) is 8.26. The molecule has 12 heavy (non-hydrogen) atoms. The predicted molar refractivity (Wildman–Crippen MR) is 50.2 cm³/mol. The molecule has 0 radical (unpaired) electrons. The molecule has 0 bridgehead atoms. The van der Waals surface area contributed by atoms with Crippen LogP contribution in [0.5, 0.6) is 0 Å². The lowest BCUT2D eigenvalue weighted by Gasteiger charge is -1.92. The highest BCUT2D eigenvalue weighted by Gasteiger charge is 1.83. The molecule has 0 aliphatic carbocycles. The summed E-state index contributed by atoms with van der Waals surface area (Å²) in [6.07, 6.45) is 1.85. The Morgan fingerprint density at radius 2 is 2.00 bits per heavy atom. The Balaban J connectivity index is 0.000000354. The largest absolute Gasteiger partial charge is 0.335 e. The molecular formula is C9H10O2S. The molecule has 64 valence electrons. The van der Waals surface area contributed by atoms with E-state index in [9.17, 15) is 0 Å². The molecule has 1 rings (SSSR count). The first-order chi connectivity index (χ1) is 5.74. The van der Waals surface area contributed by atoms with Crippen LogP contribution in [0.3, 0.4) is 0 Å². The molecule has 0 fully saturated rings. The van der Waals surface area contributed by atoms with Crippen molar-refractivity contribution in [2.45, 2.75) is 6.92 Å². The minimum Gasteiger partial charge on any atom is -0.168 e. The maximum Gasteiger partial charge on any atom is 0.335 e. The lowest BCUT2D eigenvalue weighted by atomic mass is 10.1. The molecule has 0 amide bonds. The van der Waals surface area contributed by atoms with E-state index in [1.54, 1.807) is 0 Å². The van der Waals surface area contributed by atoms with Gasteiger partial charge < -0.3 is 0 Å². The fourth-order valence-corrected chi connectivity index (χ4v) is 0.797. The third kappa shape index (κ3) is 4.57. The SMILES string of the molecule is C=Cc1cccc(C)c1.O=S=O. The second-order valence-electron chi connectivity index (χ2n) is 2.19. The van der Waals surface area contributed by atoms with Crippen molar-refractivity contribution in [3.05, 3.63) is 42.0 Å². The van der Waals surface area contributed by atoms with Crippen molar-refractivity contribution >= 4 is 17.6 Å². The summed E-state index contributed by atoms with van der Waals surface area (Å²) in [5, 5.41) is 0. The summed E-state index contributed by atoms with van der Waals surface area (Å²) < 4.78 is 16.6. The van der Waals surface area contributed by atoms with E-state index in [1.807, 2.05) is 18.2 Å². The molecule has 0 aromatic heterocycles. The molecule has 1 aromatic carbocycles. The number of hydrogen-bond acceptors (Lipinski definition) is 2. The third-order valence-electron chi connectivity index (χ3n) is 1.28. The van der Waals surface area contributed by atoms with Crippen LogP contribution in [0.2, 0.25) is 0 Å². The third-order valence-corrected chi connectivity index (χ3v) is 1.28. The first-order valence-electron chi connectivity index (χ1n) is 3.35. The van der Waals surface area contributed by atoms with Gasteiger partial charge in [-0.05, 0) is 12.5 Å². The highest BCUT2D eigenvalue weighted by Crippen LogP contribution is 2.03. The van der Waals surface area contributed by atoms with Crippen molar-refractivity contribution in [3.63, 3.8) is 0 Å². The van der Waals surface area contributed by atoms with Crippen molar-refractivity contribution < 1.29 is 8.42 Å². The van der Waals surface area contributed by atoms with E-state index in [1.165, 1.54) is 11.1 Å². The number of hydrogen-bond donors (Lipinski definition) is 0. The number of benzene rings is 1. The summed E-state index contributed by atoms with van der Waals surface area (Å²) in [7, 11) is 0. The quantitative estimate of drug-likeness (QED) is 0.665. The Morgan fingerprint density at radius 1 is 1.42 bits per heavy atom. The van der Waals surface area contributed by atoms with Gasteiger partial charge in [-0.1, -0.05) is 42.5 Å². The molecule has 0 unspecified atom stereocenters. The molecule has 0 atom stereocenters. The summed E-state index contributed by atoms with van der Waals surface area (Å²) in [5.74, 6) is 0. The van der Waals surface area contributed by atoms with Crippen molar-refractivity contribution in [3.8, 4) is 0 Å². The molecule has 0 aliphatic heterocycles. The van der Waals surface area contributed by atoms with Crippen LogP contribution in [0.1, 0.15) is 11.1 Å². The first kappa shape index (κ1) is 10.8. The van der Waals surface area contributed by atoms with E-state index in [0.717, 1.165) is 0 Å². The standard InChI is InChI=1S/C9H10.O2S/c1-3-9-6-4-5-8(2)7-9;1-3-2/h3-7H,1H2,2H3;. The van der Waals surface area contributed by atoms with E-state index in [2.05, 4.69) is 25.6 Å². The topological polar surface area (TPSA) is 34.1 Å². The average Bonchev–Trinajstić information content (AvgIpc) is 2.06. The second-order valence-corrected chi connectivity index (χ2v) is 2.32. The van der Waals surface area contributed by atoms with Gasteiger partial charge in [-0.3, -0.25) is 0 Å². The van der Waals surface area contributed by atoms with Crippen LogP contribution in [0.25, 0.3) is 6.08 Å². The number of rotatable bonds is 1. The first-order valence-corrected chi connectivity index (χ1v) is 4.02. The van der Waals surface area contributed by atoms with E-state index in [4.69, 9.17) is 8.42 Å². The van der Waals surface area contributed by atoms with Gasteiger partial charge in [0.2, 0.25) is 0 Å². The van der Waals surface area contributed by atoms with Gasteiger partial charge in [0.1, 0.15) is 0 Å². The summed E-state index contributed by atoms with van der Waals surface area (Å²) in [5.41, 5.74) is 2.47. The minimum atomic E-state index is -0.750. The number of aryl methyl sites for hydroxylation is 1. The zero-order valence-corrected chi connectivity index (χ0v) is 7.64. The zero-order valence-electron chi connectivity index (χ0n) is 6.82. The van der Waals surface area contributed by atoms with Gasteiger partial charge in [0.15, 0.2) is 0 Å². The van der Waals surface area contributed by atoms with Crippen molar-refractivity contribution in [1.29, 1.82) is 0 Å². The lowest BCUT2D eigenvalue weighted by molar-refractivity contribution is 0.630. The van der Waals surface area contributed by atoms with Crippen LogP contribution in [0, 0.1) is 6.92 Å². The monoisotopic (exact) mass is 182 g/mol. The molecule has 0 aliphatic rings. The zero-order chi connectivity index (χ0) is 9.40. The Morgan fingerprint density at radius 3 is 2.33 bits per heavy atom. The molecule has 0 spiro atoms. The second kappa shape index (κ2) is 6.49. The highest BCUT2D eigenvalue weighted by molar-refractivity contribution is 7.51. The van der Waals surface area contributed by atoms with Gasteiger partial charge in [0.05, 0.1) is 0 Å². The fraction of sp³-hybridized carbons (Fsp3) is 0.111. The summed E-state index contributed by atoms with van der Waals surface area (Å²) >= 11 is -0.750. The molecule has 2 nitrogen and oxygen atoms in total. The Kier molecular flexibility index (Phi) is 5.83. The Bertz CT molecular complexity index is 288. The maximum absolute atomic E-state index is 8.29. The molecule has 0 saturated heterocycles. The van der Waals surface area contributed by atoms with Gasteiger partial charge in [-0.15, -0.1) is 0 Å². The molecule has 0 N–H and O–H groups in total. The van der Waals surface area contributed by atoms with Gasteiger partial charge in [0.25, 0.3) is 0 Å². The fourth-order valence-electron chi connectivity index (χ4n) is 0.797. The van der Waals surface area contributed by atoms with Gasteiger partial charge in [-0.25, -0.2) is 0 Å². The lowest BCUT2D eigenvalue weighted by Crippen LogP contribution is -1.72. The Hall–Kier alpha value is -1.22. The highest BCUT2D eigenvalue weighted by atomic mass is 32.1. The summed E-state index contributed by atoms with van der Waals surface area (Å²) in [4.78, 5) is 0. The normalized spacial score (nSPS) is 7.75. The predicted octanol–water partition coefficient (Wildman–Crippen LogP) is 1.97. The van der Waals surface area contributed by atoms with E-state index < -0.39 is 11.6 Å². The van der Waals surface area contributed by atoms with Gasteiger partial charge in [0, 0.05) is 0 Å². The maximum atomic E-state index is 8.29. The van der Waals surface area contributed by atoms with E-state index in [0.29, 0.717) is 0 Å². The average molecular weight is 182 g/mol. The van der Waals surface area contributed by atoms with E-state index in [-0.39, 0.29) is 0 Å². The van der Waals surface area contributed by atoms with E-state index >= 15 is 0 Å². The van der Waals surface area contributed by atoms with Crippen LogP contribution in [-0.4, -0.2) is 8.42 Å². The van der Waals surface area contributed by atoms with Crippen molar-refractivity contribution in [1.82, 2.24) is 0 Å². The molecular weight excluding hydrogens is 172 g/mol. The van der Waals surface area contributed by atoms with Crippen LogP contribution < -0.4 is 0 Å². The molecule has 3 heteroatoms. The van der Waals surface area contributed by atoms with Crippen molar-refractivity contribution in [2.75, 3.05) is 0 Å². The van der Waals surface area contributed by atoms with Crippen LogP contribution in [0.4, 0.5) is 0 Å². The molecule has 0 heterocycles. The van der Waals surface area contributed by atoms with Gasteiger partial charge >= 0.3 is 11.6 Å². The smallest absolute Gasteiger partial charge is 0.168 e. The van der Waals surface area contributed by atoms with Crippen molar-refractivity contribution in [2.24, 2.45) is 0 Å².